The Labute approximate surface area is 118 Å². The van der Waals surface area contributed by atoms with Gasteiger partial charge in [-0.2, -0.15) is 0 Å². The Kier molecular flexibility index (Phi) is 5.53. The molecule has 19 heavy (non-hydrogen) atoms. The third-order valence-corrected chi connectivity index (χ3v) is 4.82. The summed E-state index contributed by atoms with van der Waals surface area (Å²) >= 11 is 0. The van der Waals surface area contributed by atoms with Gasteiger partial charge < -0.3 is 10.2 Å². The first-order valence-corrected chi connectivity index (χ1v) is 8.24. The zero-order valence-electron chi connectivity index (χ0n) is 12.7. The van der Waals surface area contributed by atoms with Crippen molar-refractivity contribution in [1.82, 2.24) is 10.2 Å². The van der Waals surface area contributed by atoms with Gasteiger partial charge in [0.05, 0.1) is 0 Å². The van der Waals surface area contributed by atoms with E-state index in [1.54, 1.807) is 0 Å². The maximum absolute atomic E-state index is 12.2. The molecule has 3 heteroatoms. The Balaban J connectivity index is 1.71. The van der Waals surface area contributed by atoms with Gasteiger partial charge >= 0.3 is 6.03 Å². The molecule has 1 saturated heterocycles. The standard InChI is InChI=1S/C16H30N2O/c1-3-5-14-7-9-15(10-8-14)17-16(19)18-11-4-6-13(2)12-18/h13-15H,3-12H2,1-2H3,(H,17,19). The summed E-state index contributed by atoms with van der Waals surface area (Å²) in [7, 11) is 0. The molecule has 0 spiro atoms. The van der Waals surface area contributed by atoms with E-state index in [2.05, 4.69) is 19.2 Å². The summed E-state index contributed by atoms with van der Waals surface area (Å²) in [4.78, 5) is 14.3. The smallest absolute Gasteiger partial charge is 0.317 e. The van der Waals surface area contributed by atoms with E-state index in [1.165, 1.54) is 44.9 Å². The molecule has 2 aliphatic rings. The van der Waals surface area contributed by atoms with Crippen LogP contribution in [-0.4, -0.2) is 30.1 Å². The molecule has 0 aromatic carbocycles. The highest BCUT2D eigenvalue weighted by Crippen LogP contribution is 2.28. The Bertz CT molecular complexity index is 284. The average Bonchev–Trinajstić information content (AvgIpc) is 2.41. The Morgan fingerprint density at radius 1 is 1.21 bits per heavy atom. The van der Waals surface area contributed by atoms with E-state index in [0.717, 1.165) is 25.4 Å². The predicted molar refractivity (Wildman–Crippen MR) is 79.2 cm³/mol. The van der Waals surface area contributed by atoms with Crippen LogP contribution in [0, 0.1) is 11.8 Å². The van der Waals surface area contributed by atoms with E-state index >= 15 is 0 Å². The van der Waals surface area contributed by atoms with Crippen LogP contribution in [0.1, 0.15) is 65.2 Å². The van der Waals surface area contributed by atoms with Crippen LogP contribution in [0.4, 0.5) is 4.79 Å². The van der Waals surface area contributed by atoms with Crippen molar-refractivity contribution < 1.29 is 4.79 Å². The minimum absolute atomic E-state index is 0.186. The van der Waals surface area contributed by atoms with E-state index < -0.39 is 0 Å². The molecule has 1 aliphatic carbocycles. The van der Waals surface area contributed by atoms with Crippen LogP contribution in [-0.2, 0) is 0 Å². The Morgan fingerprint density at radius 2 is 1.95 bits per heavy atom. The molecule has 0 bridgehead atoms. The summed E-state index contributed by atoms with van der Waals surface area (Å²) < 4.78 is 0. The van der Waals surface area contributed by atoms with E-state index in [4.69, 9.17) is 0 Å². The molecule has 1 aliphatic heterocycles. The van der Waals surface area contributed by atoms with Crippen molar-refractivity contribution in [2.24, 2.45) is 11.8 Å². The number of carbonyl (C=O) groups is 1. The van der Waals surface area contributed by atoms with Gasteiger partial charge in [0.25, 0.3) is 0 Å². The highest BCUT2D eigenvalue weighted by molar-refractivity contribution is 5.74. The van der Waals surface area contributed by atoms with Crippen molar-refractivity contribution in [2.75, 3.05) is 13.1 Å². The first-order chi connectivity index (χ1) is 9.19. The van der Waals surface area contributed by atoms with Crippen LogP contribution >= 0.6 is 0 Å². The summed E-state index contributed by atoms with van der Waals surface area (Å²) in [6, 6.07) is 0.614. The Hall–Kier alpha value is -0.730. The van der Waals surface area contributed by atoms with Crippen LogP contribution in [0.25, 0.3) is 0 Å². The van der Waals surface area contributed by atoms with Crippen LogP contribution in [0.15, 0.2) is 0 Å². The zero-order valence-corrected chi connectivity index (χ0v) is 12.7. The molecule has 110 valence electrons. The molecule has 2 rings (SSSR count). The van der Waals surface area contributed by atoms with Crippen molar-refractivity contribution in [3.63, 3.8) is 0 Å². The topological polar surface area (TPSA) is 32.3 Å². The lowest BCUT2D eigenvalue weighted by Crippen LogP contribution is -2.49. The fourth-order valence-electron chi connectivity index (χ4n) is 3.64. The molecule has 1 unspecified atom stereocenters. The number of carbonyl (C=O) groups excluding carboxylic acids is 1. The fourth-order valence-corrected chi connectivity index (χ4v) is 3.64. The van der Waals surface area contributed by atoms with Crippen LogP contribution in [0.2, 0.25) is 0 Å². The van der Waals surface area contributed by atoms with Gasteiger partial charge in [-0.15, -0.1) is 0 Å². The average molecular weight is 266 g/mol. The molecule has 0 aromatic heterocycles. The van der Waals surface area contributed by atoms with E-state index in [9.17, 15) is 4.79 Å². The van der Waals surface area contributed by atoms with Crippen LogP contribution in [0.3, 0.4) is 0 Å². The fraction of sp³-hybridized carbons (Fsp3) is 0.938. The van der Waals surface area contributed by atoms with Gasteiger partial charge in [-0.05, 0) is 50.4 Å². The molecule has 2 amide bonds. The summed E-state index contributed by atoms with van der Waals surface area (Å²) in [6.45, 7) is 6.40. The molecular formula is C16H30N2O. The molecule has 0 radical (unpaired) electrons. The van der Waals surface area contributed by atoms with Crippen molar-refractivity contribution in [2.45, 2.75) is 71.3 Å². The normalized spacial score (nSPS) is 32.1. The minimum Gasteiger partial charge on any atom is -0.335 e. The number of urea groups is 1. The van der Waals surface area contributed by atoms with Gasteiger partial charge in [-0.25, -0.2) is 4.79 Å². The number of rotatable bonds is 3. The second-order valence-corrected chi connectivity index (χ2v) is 6.65. The van der Waals surface area contributed by atoms with Crippen molar-refractivity contribution in [3.8, 4) is 0 Å². The number of nitrogens with zero attached hydrogens (tertiary/aromatic N) is 1. The zero-order chi connectivity index (χ0) is 13.7. The third-order valence-electron chi connectivity index (χ3n) is 4.82. The summed E-state index contributed by atoms with van der Waals surface area (Å²) in [6.07, 6.45) is 10.1. The quantitative estimate of drug-likeness (QED) is 0.828. The number of amides is 2. The second-order valence-electron chi connectivity index (χ2n) is 6.65. The maximum Gasteiger partial charge on any atom is 0.317 e. The summed E-state index contributed by atoms with van der Waals surface area (Å²) in [5, 5.41) is 3.26. The predicted octanol–water partition coefficient (Wildman–Crippen LogP) is 3.79. The number of piperidine rings is 1. The molecule has 2 fully saturated rings. The molecule has 0 aromatic rings. The molecule has 1 atom stereocenters. The highest BCUT2D eigenvalue weighted by atomic mass is 16.2. The first kappa shape index (κ1) is 14.7. The van der Waals surface area contributed by atoms with Gasteiger partial charge in [0, 0.05) is 19.1 Å². The minimum atomic E-state index is 0.186. The Morgan fingerprint density at radius 3 is 2.58 bits per heavy atom. The lowest BCUT2D eigenvalue weighted by atomic mass is 9.83. The van der Waals surface area contributed by atoms with Gasteiger partial charge in [-0.3, -0.25) is 0 Å². The SMILES string of the molecule is CCCC1CCC(NC(=O)N2CCCC(C)C2)CC1. The van der Waals surface area contributed by atoms with Crippen LogP contribution < -0.4 is 5.32 Å². The molecule has 3 nitrogen and oxygen atoms in total. The summed E-state index contributed by atoms with van der Waals surface area (Å²) in [5.74, 6) is 1.58. The van der Waals surface area contributed by atoms with Gasteiger partial charge in [0.15, 0.2) is 0 Å². The number of likely N-dealkylation sites (tertiary alicyclic amines) is 1. The summed E-state index contributed by atoms with van der Waals surface area (Å²) in [5.41, 5.74) is 0. The van der Waals surface area contributed by atoms with E-state index in [0.29, 0.717) is 12.0 Å². The monoisotopic (exact) mass is 266 g/mol. The van der Waals surface area contributed by atoms with E-state index in [1.807, 2.05) is 4.90 Å². The lowest BCUT2D eigenvalue weighted by molar-refractivity contribution is 0.161. The van der Waals surface area contributed by atoms with Crippen molar-refractivity contribution >= 4 is 6.03 Å². The number of nitrogens with one attached hydrogen (secondary N) is 1. The third kappa shape index (κ3) is 4.39. The van der Waals surface area contributed by atoms with Crippen molar-refractivity contribution in [1.29, 1.82) is 0 Å². The highest BCUT2D eigenvalue weighted by Gasteiger charge is 2.25. The molecule has 1 saturated carbocycles. The molecule has 1 heterocycles. The largest absolute Gasteiger partial charge is 0.335 e. The number of hydrogen-bond acceptors (Lipinski definition) is 1. The van der Waals surface area contributed by atoms with Crippen molar-refractivity contribution in [3.05, 3.63) is 0 Å². The van der Waals surface area contributed by atoms with E-state index in [-0.39, 0.29) is 6.03 Å². The van der Waals surface area contributed by atoms with Gasteiger partial charge in [0.2, 0.25) is 0 Å². The lowest BCUT2D eigenvalue weighted by Gasteiger charge is -2.34. The van der Waals surface area contributed by atoms with Gasteiger partial charge in [0.1, 0.15) is 0 Å². The second kappa shape index (κ2) is 7.16. The number of hydrogen-bond donors (Lipinski definition) is 1. The maximum atomic E-state index is 12.2. The first-order valence-electron chi connectivity index (χ1n) is 8.24. The molecular weight excluding hydrogens is 236 g/mol. The van der Waals surface area contributed by atoms with Gasteiger partial charge in [-0.1, -0.05) is 26.7 Å². The molecule has 1 N–H and O–H groups in total. The van der Waals surface area contributed by atoms with Crippen LogP contribution in [0.5, 0.6) is 0 Å².